The van der Waals surface area contributed by atoms with Crippen molar-refractivity contribution >= 4 is 33.2 Å². The molecule has 0 radical (unpaired) electrons. The van der Waals surface area contributed by atoms with E-state index >= 15 is 0 Å². The topological polar surface area (TPSA) is 75.3 Å². The average Bonchev–Trinajstić information content (AvgIpc) is 2.58. The van der Waals surface area contributed by atoms with E-state index in [1.807, 2.05) is 6.92 Å². The molecule has 0 spiro atoms. The van der Waals surface area contributed by atoms with Crippen molar-refractivity contribution in [3.63, 3.8) is 0 Å². The second-order valence-electron chi connectivity index (χ2n) is 5.36. The fourth-order valence-corrected chi connectivity index (χ4v) is 3.35. The third-order valence-corrected chi connectivity index (χ3v) is 5.15. The van der Waals surface area contributed by atoms with Gasteiger partial charge in [0.2, 0.25) is 10.0 Å². The van der Waals surface area contributed by atoms with E-state index in [0.29, 0.717) is 12.2 Å². The Balaban J connectivity index is 2.17. The van der Waals surface area contributed by atoms with E-state index < -0.39 is 21.7 Å². The number of hydrogen-bond donors (Lipinski definition) is 2. The van der Waals surface area contributed by atoms with E-state index in [-0.39, 0.29) is 15.5 Å². The Kier molecular flexibility index (Phi) is 6.52. The summed E-state index contributed by atoms with van der Waals surface area (Å²) in [7, 11) is -3.67. The molecule has 1 amide bonds. The van der Waals surface area contributed by atoms with Crippen LogP contribution in [0.5, 0.6) is 0 Å². The highest BCUT2D eigenvalue weighted by Crippen LogP contribution is 2.20. The van der Waals surface area contributed by atoms with Gasteiger partial charge in [-0.3, -0.25) is 4.79 Å². The van der Waals surface area contributed by atoms with Gasteiger partial charge in [0.1, 0.15) is 5.82 Å². The van der Waals surface area contributed by atoms with Crippen molar-refractivity contribution in [3.8, 4) is 0 Å². The van der Waals surface area contributed by atoms with Crippen molar-refractivity contribution in [2.75, 3.05) is 11.9 Å². The summed E-state index contributed by atoms with van der Waals surface area (Å²) >= 11 is 5.67. The van der Waals surface area contributed by atoms with Gasteiger partial charge < -0.3 is 5.32 Å². The van der Waals surface area contributed by atoms with Crippen LogP contribution in [0.4, 0.5) is 10.1 Å². The third-order valence-electron chi connectivity index (χ3n) is 3.41. The number of hydrogen-bond acceptors (Lipinski definition) is 3. The lowest BCUT2D eigenvalue weighted by molar-refractivity contribution is 0.102. The highest BCUT2D eigenvalue weighted by atomic mass is 35.5. The first-order valence-electron chi connectivity index (χ1n) is 7.69. The summed E-state index contributed by atoms with van der Waals surface area (Å²) in [6.07, 6.45) is 1.59. The summed E-state index contributed by atoms with van der Waals surface area (Å²) in [4.78, 5) is 12.3. The Morgan fingerprint density at radius 1 is 1.20 bits per heavy atom. The molecule has 8 heteroatoms. The van der Waals surface area contributed by atoms with Gasteiger partial charge in [-0.2, -0.15) is 0 Å². The molecule has 0 aromatic heterocycles. The van der Waals surface area contributed by atoms with Crippen LogP contribution in [0, 0.1) is 5.82 Å². The minimum atomic E-state index is -3.67. The van der Waals surface area contributed by atoms with Crippen molar-refractivity contribution in [2.24, 2.45) is 0 Å². The summed E-state index contributed by atoms with van der Waals surface area (Å²) in [5.41, 5.74) is 0.476. The van der Waals surface area contributed by atoms with Crippen LogP contribution in [-0.4, -0.2) is 20.9 Å². The summed E-state index contributed by atoms with van der Waals surface area (Å²) in [6, 6.07) is 9.46. The van der Waals surface area contributed by atoms with Crippen LogP contribution in [0.1, 0.15) is 30.1 Å². The number of sulfonamides is 1. The number of nitrogens with one attached hydrogen (secondary N) is 2. The zero-order valence-electron chi connectivity index (χ0n) is 13.6. The fraction of sp³-hybridized carbons (Fsp3) is 0.235. The molecule has 0 unspecified atom stereocenters. The molecular weight excluding hydrogens is 367 g/mol. The van der Waals surface area contributed by atoms with E-state index in [0.717, 1.165) is 18.9 Å². The van der Waals surface area contributed by atoms with Crippen LogP contribution in [0.3, 0.4) is 0 Å². The molecule has 0 atom stereocenters. The number of halogens is 2. The largest absolute Gasteiger partial charge is 0.322 e. The van der Waals surface area contributed by atoms with Crippen molar-refractivity contribution < 1.29 is 17.6 Å². The highest BCUT2D eigenvalue weighted by Gasteiger charge is 2.16. The molecule has 0 aliphatic heterocycles. The number of rotatable bonds is 7. The number of amides is 1. The first kappa shape index (κ1) is 19.4. The maximum absolute atomic E-state index is 13.2. The molecule has 0 aliphatic carbocycles. The molecule has 134 valence electrons. The predicted molar refractivity (Wildman–Crippen MR) is 95.9 cm³/mol. The molecule has 0 bridgehead atoms. The average molecular weight is 385 g/mol. The maximum Gasteiger partial charge on any atom is 0.255 e. The lowest BCUT2D eigenvalue weighted by Crippen LogP contribution is -2.25. The van der Waals surface area contributed by atoms with E-state index in [2.05, 4.69) is 10.0 Å². The fourth-order valence-electron chi connectivity index (χ4n) is 2.05. The van der Waals surface area contributed by atoms with E-state index in [1.165, 1.54) is 36.4 Å². The van der Waals surface area contributed by atoms with Gasteiger partial charge >= 0.3 is 0 Å². The van der Waals surface area contributed by atoms with E-state index in [4.69, 9.17) is 11.6 Å². The lowest BCUT2D eigenvalue weighted by atomic mass is 10.2. The maximum atomic E-state index is 13.2. The minimum Gasteiger partial charge on any atom is -0.322 e. The molecule has 0 heterocycles. The molecule has 2 N–H and O–H groups in total. The summed E-state index contributed by atoms with van der Waals surface area (Å²) in [5, 5.41) is 2.44. The molecule has 25 heavy (non-hydrogen) atoms. The summed E-state index contributed by atoms with van der Waals surface area (Å²) < 4.78 is 40.1. The monoisotopic (exact) mass is 384 g/mol. The van der Waals surface area contributed by atoms with Crippen LogP contribution in [-0.2, 0) is 10.0 Å². The van der Waals surface area contributed by atoms with Crippen molar-refractivity contribution in [2.45, 2.75) is 24.7 Å². The molecule has 5 nitrogen and oxygen atoms in total. The first-order valence-corrected chi connectivity index (χ1v) is 9.55. The van der Waals surface area contributed by atoms with Crippen molar-refractivity contribution in [1.82, 2.24) is 4.72 Å². The van der Waals surface area contributed by atoms with Crippen LogP contribution < -0.4 is 10.0 Å². The SMILES string of the molecule is CCCCNS(=O)(=O)c1cccc(C(=O)Nc2ccc(F)c(Cl)c2)c1. The van der Waals surface area contributed by atoms with Gasteiger partial charge in [0.05, 0.1) is 9.92 Å². The summed E-state index contributed by atoms with van der Waals surface area (Å²) in [6.45, 7) is 2.30. The van der Waals surface area contributed by atoms with Gasteiger partial charge in [0.15, 0.2) is 0 Å². The Morgan fingerprint density at radius 3 is 2.64 bits per heavy atom. The predicted octanol–water partition coefficient (Wildman–Crippen LogP) is 3.81. The Labute approximate surface area is 151 Å². The Morgan fingerprint density at radius 2 is 1.96 bits per heavy atom. The van der Waals surface area contributed by atoms with Crippen molar-refractivity contribution in [1.29, 1.82) is 0 Å². The molecular formula is C17H18ClFN2O3S. The number of anilines is 1. The molecule has 0 fully saturated rings. The highest BCUT2D eigenvalue weighted by molar-refractivity contribution is 7.89. The van der Waals surface area contributed by atoms with E-state index in [1.54, 1.807) is 0 Å². The summed E-state index contributed by atoms with van der Waals surface area (Å²) in [5.74, 6) is -1.11. The molecule has 0 aliphatic rings. The minimum absolute atomic E-state index is 0.00777. The zero-order chi connectivity index (χ0) is 18.4. The normalized spacial score (nSPS) is 11.3. The quantitative estimate of drug-likeness (QED) is 0.713. The molecule has 0 saturated heterocycles. The number of benzene rings is 2. The Bertz CT molecular complexity index is 872. The van der Waals surface area contributed by atoms with Crippen LogP contribution in [0.25, 0.3) is 0 Å². The smallest absolute Gasteiger partial charge is 0.255 e. The van der Waals surface area contributed by atoms with Gasteiger partial charge in [-0.1, -0.05) is 31.0 Å². The lowest BCUT2D eigenvalue weighted by Gasteiger charge is -2.09. The standard InChI is InChI=1S/C17H18ClFN2O3S/c1-2-3-9-20-25(23,24)14-6-4-5-12(10-14)17(22)21-13-7-8-16(19)15(18)11-13/h4-8,10-11,20H,2-3,9H2,1H3,(H,21,22). The van der Waals surface area contributed by atoms with Gasteiger partial charge in [0.25, 0.3) is 5.91 Å². The van der Waals surface area contributed by atoms with Crippen molar-refractivity contribution in [3.05, 3.63) is 58.9 Å². The van der Waals surface area contributed by atoms with Gasteiger partial charge in [-0.25, -0.2) is 17.5 Å². The number of carbonyl (C=O) groups excluding carboxylic acids is 1. The van der Waals surface area contributed by atoms with Gasteiger partial charge in [-0.05, 0) is 42.8 Å². The van der Waals surface area contributed by atoms with Crippen LogP contribution in [0.2, 0.25) is 5.02 Å². The van der Waals surface area contributed by atoms with Gasteiger partial charge in [-0.15, -0.1) is 0 Å². The number of unbranched alkanes of at least 4 members (excludes halogenated alkanes) is 1. The van der Waals surface area contributed by atoms with E-state index in [9.17, 15) is 17.6 Å². The van der Waals surface area contributed by atoms with Crippen LogP contribution in [0.15, 0.2) is 47.4 Å². The third kappa shape index (κ3) is 5.26. The second-order valence-corrected chi connectivity index (χ2v) is 7.54. The molecule has 2 rings (SSSR count). The molecule has 2 aromatic rings. The van der Waals surface area contributed by atoms with Gasteiger partial charge in [0, 0.05) is 17.8 Å². The molecule has 2 aromatic carbocycles. The first-order chi connectivity index (χ1) is 11.8. The van der Waals surface area contributed by atoms with Crippen LogP contribution >= 0.6 is 11.6 Å². The second kappa shape index (κ2) is 8.42. The number of carbonyl (C=O) groups is 1. The molecule has 0 saturated carbocycles. The zero-order valence-corrected chi connectivity index (χ0v) is 15.1. The Hall–Kier alpha value is -1.96.